The van der Waals surface area contributed by atoms with E-state index in [4.69, 9.17) is 16.9 Å². The quantitative estimate of drug-likeness (QED) is 0.454. The van der Waals surface area contributed by atoms with Gasteiger partial charge >= 0.3 is 0 Å². The van der Waals surface area contributed by atoms with Crippen molar-refractivity contribution in [2.24, 2.45) is 0 Å². The molecule has 33 heavy (non-hydrogen) atoms. The molecule has 2 aromatic carbocycles. The standard InChI is InChI=1S/C26H22ClF2N3O/c1-18-11-14-32(13-6-5-12-30)25(21(27)15-18)26(33)31-24-22(28)16-20(17-23(24)29)10-9-19-7-3-2-4-8-19/h2-4,7-8,15-17H,5-6,11,13-14H2,1H3,(H,31,33). The van der Waals surface area contributed by atoms with Crippen molar-refractivity contribution in [2.75, 3.05) is 18.4 Å². The summed E-state index contributed by atoms with van der Waals surface area (Å²) in [5.74, 6) is 2.98. The Kier molecular flexibility index (Phi) is 8.24. The number of unbranched alkanes of at least 4 members (excludes halogenated alkanes) is 1. The van der Waals surface area contributed by atoms with E-state index in [-0.39, 0.29) is 16.3 Å². The van der Waals surface area contributed by atoms with Crippen LogP contribution in [0.2, 0.25) is 0 Å². The summed E-state index contributed by atoms with van der Waals surface area (Å²) in [5.41, 5.74) is 1.40. The van der Waals surface area contributed by atoms with E-state index in [1.54, 1.807) is 23.1 Å². The first-order chi connectivity index (χ1) is 15.9. The predicted molar refractivity (Wildman–Crippen MR) is 125 cm³/mol. The minimum absolute atomic E-state index is 0.123. The zero-order chi connectivity index (χ0) is 23.8. The van der Waals surface area contributed by atoms with Crippen molar-refractivity contribution in [1.82, 2.24) is 4.90 Å². The van der Waals surface area contributed by atoms with Gasteiger partial charge in [0.05, 0.1) is 11.1 Å². The molecule has 0 atom stereocenters. The van der Waals surface area contributed by atoms with E-state index < -0.39 is 23.2 Å². The molecule has 4 nitrogen and oxygen atoms in total. The minimum atomic E-state index is -0.936. The fourth-order valence-corrected chi connectivity index (χ4v) is 3.75. The second-order valence-electron chi connectivity index (χ2n) is 7.57. The van der Waals surface area contributed by atoms with Crippen molar-refractivity contribution in [1.29, 1.82) is 5.26 Å². The molecule has 1 amide bonds. The number of nitrogens with one attached hydrogen (secondary N) is 1. The Morgan fingerprint density at radius 2 is 1.82 bits per heavy atom. The average Bonchev–Trinajstić information content (AvgIpc) is 2.93. The first kappa shape index (κ1) is 24.0. The number of hydrogen-bond acceptors (Lipinski definition) is 3. The maximum atomic E-state index is 14.7. The summed E-state index contributed by atoms with van der Waals surface area (Å²) in [4.78, 5) is 14.8. The largest absolute Gasteiger partial charge is 0.366 e. The molecule has 1 aliphatic rings. The van der Waals surface area contributed by atoms with Gasteiger partial charge in [0.15, 0.2) is 11.6 Å². The molecule has 168 valence electrons. The highest BCUT2D eigenvalue weighted by atomic mass is 35.5. The van der Waals surface area contributed by atoms with Crippen LogP contribution in [0, 0.1) is 34.8 Å². The molecule has 0 aliphatic carbocycles. The van der Waals surface area contributed by atoms with Crippen LogP contribution in [-0.2, 0) is 4.79 Å². The van der Waals surface area contributed by atoms with Gasteiger partial charge in [0.2, 0.25) is 0 Å². The Labute approximate surface area is 197 Å². The van der Waals surface area contributed by atoms with Gasteiger partial charge in [0, 0.05) is 30.6 Å². The van der Waals surface area contributed by atoms with Crippen LogP contribution in [0.5, 0.6) is 0 Å². The molecule has 1 heterocycles. The van der Waals surface area contributed by atoms with Gasteiger partial charge in [-0.15, -0.1) is 0 Å². The minimum Gasteiger partial charge on any atom is -0.366 e. The van der Waals surface area contributed by atoms with Crippen molar-refractivity contribution in [3.05, 3.63) is 87.6 Å². The van der Waals surface area contributed by atoms with Crippen molar-refractivity contribution in [2.45, 2.75) is 26.2 Å². The van der Waals surface area contributed by atoms with Crippen molar-refractivity contribution < 1.29 is 13.6 Å². The van der Waals surface area contributed by atoms with E-state index >= 15 is 0 Å². The summed E-state index contributed by atoms with van der Waals surface area (Å²) in [7, 11) is 0. The van der Waals surface area contributed by atoms with E-state index in [1.165, 1.54) is 0 Å². The average molecular weight is 466 g/mol. The molecular formula is C26H22ClF2N3O. The van der Waals surface area contributed by atoms with Gasteiger partial charge in [-0.1, -0.05) is 47.2 Å². The molecule has 0 unspecified atom stereocenters. The molecular weight excluding hydrogens is 444 g/mol. The summed E-state index contributed by atoms with van der Waals surface area (Å²) < 4.78 is 29.4. The van der Waals surface area contributed by atoms with Crippen molar-refractivity contribution in [3.8, 4) is 17.9 Å². The molecule has 7 heteroatoms. The fourth-order valence-electron chi connectivity index (χ4n) is 3.36. The van der Waals surface area contributed by atoms with Gasteiger partial charge < -0.3 is 10.2 Å². The number of allylic oxidation sites excluding steroid dienone is 2. The van der Waals surface area contributed by atoms with Gasteiger partial charge in [-0.3, -0.25) is 4.79 Å². The number of nitrogens with zero attached hydrogens (tertiary/aromatic N) is 2. The third-order valence-corrected chi connectivity index (χ3v) is 5.32. The third kappa shape index (κ3) is 6.44. The van der Waals surface area contributed by atoms with E-state index in [0.717, 1.165) is 17.7 Å². The topological polar surface area (TPSA) is 56.1 Å². The van der Waals surface area contributed by atoms with E-state index in [0.29, 0.717) is 37.9 Å². The number of hydrogen-bond donors (Lipinski definition) is 1. The summed E-state index contributed by atoms with van der Waals surface area (Å²) in [6.45, 7) is 2.82. The number of halogens is 3. The van der Waals surface area contributed by atoms with Crippen LogP contribution in [0.15, 0.2) is 64.8 Å². The highest BCUT2D eigenvalue weighted by Gasteiger charge is 2.25. The van der Waals surface area contributed by atoms with Crippen LogP contribution < -0.4 is 5.32 Å². The highest BCUT2D eigenvalue weighted by Crippen LogP contribution is 2.27. The van der Waals surface area contributed by atoms with Gasteiger partial charge in [0.25, 0.3) is 5.91 Å². The van der Waals surface area contributed by atoms with Crippen LogP contribution in [-0.4, -0.2) is 23.9 Å². The molecule has 1 N–H and O–H groups in total. The van der Waals surface area contributed by atoms with Gasteiger partial charge in [-0.25, -0.2) is 8.78 Å². The van der Waals surface area contributed by atoms with Crippen molar-refractivity contribution in [3.63, 3.8) is 0 Å². The first-order valence-corrected chi connectivity index (χ1v) is 10.8. The maximum Gasteiger partial charge on any atom is 0.273 e. The summed E-state index contributed by atoms with van der Waals surface area (Å²) in [5, 5.41) is 11.3. The highest BCUT2D eigenvalue weighted by molar-refractivity contribution is 6.34. The molecule has 0 spiro atoms. The molecule has 0 saturated heterocycles. The Hall–Kier alpha value is -3.61. The second-order valence-corrected chi connectivity index (χ2v) is 7.98. The fraction of sp³-hybridized carbons (Fsp3) is 0.231. The van der Waals surface area contributed by atoms with Crippen LogP contribution in [0.1, 0.15) is 37.3 Å². The predicted octanol–water partition coefficient (Wildman–Crippen LogP) is 5.71. The normalized spacial score (nSPS) is 13.4. The van der Waals surface area contributed by atoms with Crippen LogP contribution in [0.3, 0.4) is 0 Å². The van der Waals surface area contributed by atoms with Crippen LogP contribution in [0.4, 0.5) is 14.5 Å². The second kappa shape index (κ2) is 11.3. The molecule has 0 aromatic heterocycles. The summed E-state index contributed by atoms with van der Waals surface area (Å²) in [6.07, 6.45) is 3.21. The first-order valence-electron chi connectivity index (χ1n) is 10.5. The summed E-state index contributed by atoms with van der Waals surface area (Å²) >= 11 is 6.38. The van der Waals surface area contributed by atoms with Gasteiger partial charge in [-0.2, -0.15) is 5.26 Å². The zero-order valence-corrected chi connectivity index (χ0v) is 18.8. The van der Waals surface area contributed by atoms with Crippen LogP contribution >= 0.6 is 11.6 Å². The Bertz CT molecular complexity index is 1180. The molecule has 2 aromatic rings. The molecule has 1 aliphatic heterocycles. The van der Waals surface area contributed by atoms with E-state index in [9.17, 15) is 13.6 Å². The number of carbonyl (C=O) groups excluding carboxylic acids is 1. The maximum absolute atomic E-state index is 14.7. The SMILES string of the molecule is CC1=CC(Cl)=C(C(=O)Nc2c(F)cc(C#Cc3ccccc3)cc2F)N(CCCC#N)CC1. The molecule has 0 bridgehead atoms. The summed E-state index contributed by atoms with van der Waals surface area (Å²) in [6, 6.07) is 13.3. The van der Waals surface area contributed by atoms with Gasteiger partial charge in [-0.05, 0) is 50.1 Å². The number of nitriles is 1. The molecule has 3 rings (SSSR count). The smallest absolute Gasteiger partial charge is 0.273 e. The van der Waals surface area contributed by atoms with E-state index in [2.05, 4.69) is 23.2 Å². The number of benzene rings is 2. The monoisotopic (exact) mass is 465 g/mol. The number of carbonyl (C=O) groups is 1. The van der Waals surface area contributed by atoms with Crippen LogP contribution in [0.25, 0.3) is 0 Å². The Morgan fingerprint density at radius 1 is 1.15 bits per heavy atom. The Morgan fingerprint density at radius 3 is 2.48 bits per heavy atom. The number of anilines is 1. The lowest BCUT2D eigenvalue weighted by Gasteiger charge is -2.26. The lowest BCUT2D eigenvalue weighted by Crippen LogP contribution is -2.33. The Balaban J connectivity index is 1.85. The molecule has 0 radical (unpaired) electrons. The third-order valence-electron chi connectivity index (χ3n) is 5.03. The van der Waals surface area contributed by atoms with Gasteiger partial charge in [0.1, 0.15) is 11.4 Å². The van der Waals surface area contributed by atoms with Crippen molar-refractivity contribution >= 4 is 23.2 Å². The van der Waals surface area contributed by atoms with E-state index in [1.807, 2.05) is 25.1 Å². The molecule has 0 fully saturated rings. The lowest BCUT2D eigenvalue weighted by molar-refractivity contribution is -0.114. The number of rotatable bonds is 5. The zero-order valence-electron chi connectivity index (χ0n) is 18.1. The molecule has 0 saturated carbocycles. The lowest BCUT2D eigenvalue weighted by atomic mass is 10.1. The number of amides is 1.